The second-order valence-electron chi connectivity index (χ2n) is 7.10. The molecule has 0 radical (unpaired) electrons. The Morgan fingerprint density at radius 2 is 2.19 bits per heavy atom. The van der Waals surface area contributed by atoms with Gasteiger partial charge in [0.05, 0.1) is 18.7 Å². The molecule has 0 atom stereocenters. The number of carbonyl (C=O) groups excluding carboxylic acids is 1. The zero-order valence-corrected chi connectivity index (χ0v) is 16.8. The number of carbonyl (C=O) groups is 1. The fraction of sp³-hybridized carbons (Fsp3) is 0.217. The van der Waals surface area contributed by atoms with E-state index in [2.05, 4.69) is 16.0 Å². The number of halogens is 1. The fourth-order valence-electron chi connectivity index (χ4n) is 3.82. The van der Waals surface area contributed by atoms with Crippen LogP contribution < -0.4 is 4.74 Å². The van der Waals surface area contributed by atoms with E-state index >= 15 is 0 Å². The summed E-state index contributed by atoms with van der Waals surface area (Å²) in [5.74, 6) is -0.163. The van der Waals surface area contributed by atoms with Gasteiger partial charge in [-0.25, -0.2) is 9.37 Å². The van der Waals surface area contributed by atoms with E-state index in [0.29, 0.717) is 53.0 Å². The number of methoxy groups -OCH3 is 1. The number of hydrogen-bond donors (Lipinski definition) is 1. The number of hydrogen-bond acceptors (Lipinski definition) is 5. The zero-order valence-electron chi connectivity index (χ0n) is 16.8. The number of amides is 1. The van der Waals surface area contributed by atoms with Crippen LogP contribution in [-0.2, 0) is 4.79 Å². The van der Waals surface area contributed by atoms with Gasteiger partial charge in [-0.2, -0.15) is 10.5 Å². The van der Waals surface area contributed by atoms with E-state index in [9.17, 15) is 14.4 Å². The Labute approximate surface area is 178 Å². The van der Waals surface area contributed by atoms with E-state index in [1.807, 2.05) is 18.2 Å². The normalized spacial score (nSPS) is 13.4. The van der Waals surface area contributed by atoms with Crippen LogP contribution in [0.5, 0.6) is 5.75 Å². The first-order valence-electron chi connectivity index (χ1n) is 9.65. The van der Waals surface area contributed by atoms with Crippen molar-refractivity contribution in [2.75, 3.05) is 20.2 Å². The topological polar surface area (TPSA) is 106 Å². The summed E-state index contributed by atoms with van der Waals surface area (Å²) in [6.45, 7) is 0.940. The summed E-state index contributed by atoms with van der Waals surface area (Å²) in [6, 6.07) is 10.1. The third-order valence-electron chi connectivity index (χ3n) is 5.35. The lowest BCUT2D eigenvalue weighted by Crippen LogP contribution is -2.34. The highest BCUT2D eigenvalue weighted by Crippen LogP contribution is 2.38. The molecule has 7 nitrogen and oxygen atoms in total. The average Bonchev–Trinajstić information content (AvgIpc) is 3.23. The highest BCUT2D eigenvalue weighted by molar-refractivity contribution is 5.99. The van der Waals surface area contributed by atoms with Crippen molar-refractivity contribution in [1.82, 2.24) is 14.9 Å². The molecular formula is C23H18FN5O2. The SMILES string of the molecule is COc1ccc(F)cc1-c1c(C#N)cnc2[nH]c(C3=CCN(C(=O)CC#N)CC3)cc12. The maximum absolute atomic E-state index is 14.0. The molecule has 1 N–H and O–H groups in total. The second kappa shape index (κ2) is 8.29. The lowest BCUT2D eigenvalue weighted by atomic mass is 9.97. The molecule has 0 saturated heterocycles. The summed E-state index contributed by atoms with van der Waals surface area (Å²) in [5.41, 5.74) is 3.74. The van der Waals surface area contributed by atoms with Gasteiger partial charge in [-0.05, 0) is 36.3 Å². The molecule has 154 valence electrons. The van der Waals surface area contributed by atoms with Crippen LogP contribution in [0.15, 0.2) is 36.5 Å². The number of benzene rings is 1. The third kappa shape index (κ3) is 3.72. The van der Waals surface area contributed by atoms with Gasteiger partial charge in [0, 0.05) is 41.5 Å². The number of H-pyrrole nitrogens is 1. The predicted octanol–water partition coefficient (Wildman–Crippen LogP) is 3.78. The minimum atomic E-state index is -0.433. The van der Waals surface area contributed by atoms with Crippen LogP contribution in [0.2, 0.25) is 0 Å². The molecule has 3 heterocycles. The second-order valence-corrected chi connectivity index (χ2v) is 7.10. The number of aromatic amines is 1. The number of fused-ring (bicyclic) bond motifs is 1. The van der Waals surface area contributed by atoms with E-state index in [1.54, 1.807) is 4.90 Å². The number of pyridine rings is 1. The van der Waals surface area contributed by atoms with E-state index in [1.165, 1.54) is 31.5 Å². The quantitative estimate of drug-likeness (QED) is 0.698. The Kier molecular flexibility index (Phi) is 5.38. The van der Waals surface area contributed by atoms with Crippen molar-refractivity contribution in [2.45, 2.75) is 12.8 Å². The Bertz CT molecular complexity index is 1300. The smallest absolute Gasteiger partial charge is 0.237 e. The summed E-state index contributed by atoms with van der Waals surface area (Å²) < 4.78 is 19.4. The number of rotatable bonds is 4. The minimum absolute atomic E-state index is 0.130. The van der Waals surface area contributed by atoms with Crippen molar-refractivity contribution < 1.29 is 13.9 Å². The van der Waals surface area contributed by atoms with E-state index in [4.69, 9.17) is 10.00 Å². The molecule has 1 amide bonds. The summed E-state index contributed by atoms with van der Waals surface area (Å²) in [6.07, 6.45) is 3.89. The number of nitrogens with zero attached hydrogens (tertiary/aromatic N) is 4. The summed E-state index contributed by atoms with van der Waals surface area (Å²) >= 11 is 0. The standard InChI is InChI=1S/C23H18FN5O2/c1-31-20-3-2-16(24)10-17(20)22-15(12-26)13-27-23-18(22)11-19(28-23)14-5-8-29(9-6-14)21(30)4-7-25/h2-3,5,10-11,13H,4,6,8-9H2,1H3,(H,27,28). The van der Waals surface area contributed by atoms with Gasteiger partial charge in [0.2, 0.25) is 5.91 Å². The van der Waals surface area contributed by atoms with Gasteiger partial charge in [0.1, 0.15) is 29.7 Å². The summed E-state index contributed by atoms with van der Waals surface area (Å²) in [7, 11) is 1.50. The molecule has 0 fully saturated rings. The van der Waals surface area contributed by atoms with Crippen LogP contribution in [0.3, 0.4) is 0 Å². The molecule has 0 bridgehead atoms. The van der Waals surface area contributed by atoms with Gasteiger partial charge in [0.25, 0.3) is 0 Å². The van der Waals surface area contributed by atoms with E-state index in [-0.39, 0.29) is 12.3 Å². The molecular weight excluding hydrogens is 397 g/mol. The summed E-state index contributed by atoms with van der Waals surface area (Å²) in [5, 5.41) is 19.0. The highest BCUT2D eigenvalue weighted by Gasteiger charge is 2.21. The number of nitrogens with one attached hydrogen (secondary N) is 1. The molecule has 1 aliphatic heterocycles. The van der Waals surface area contributed by atoms with E-state index in [0.717, 1.165) is 11.3 Å². The van der Waals surface area contributed by atoms with Crippen molar-refractivity contribution >= 4 is 22.5 Å². The molecule has 0 aliphatic carbocycles. The predicted molar refractivity (Wildman–Crippen MR) is 112 cm³/mol. The van der Waals surface area contributed by atoms with Gasteiger partial charge >= 0.3 is 0 Å². The molecule has 31 heavy (non-hydrogen) atoms. The van der Waals surface area contributed by atoms with Crippen molar-refractivity contribution in [3.63, 3.8) is 0 Å². The first-order chi connectivity index (χ1) is 15.0. The van der Waals surface area contributed by atoms with Crippen molar-refractivity contribution in [2.24, 2.45) is 0 Å². The molecule has 0 saturated carbocycles. The van der Waals surface area contributed by atoms with Gasteiger partial charge in [-0.3, -0.25) is 4.79 Å². The highest BCUT2D eigenvalue weighted by atomic mass is 19.1. The molecule has 1 aliphatic rings. The van der Waals surface area contributed by atoms with Crippen LogP contribution in [0.1, 0.15) is 24.1 Å². The minimum Gasteiger partial charge on any atom is -0.496 e. The van der Waals surface area contributed by atoms with E-state index < -0.39 is 5.82 Å². The number of ether oxygens (including phenoxy) is 1. The molecule has 8 heteroatoms. The van der Waals surface area contributed by atoms with Crippen LogP contribution in [0.25, 0.3) is 27.7 Å². The molecule has 4 rings (SSSR count). The molecule has 0 unspecified atom stereocenters. The van der Waals surface area contributed by atoms with Crippen LogP contribution in [0.4, 0.5) is 4.39 Å². The summed E-state index contributed by atoms with van der Waals surface area (Å²) in [4.78, 5) is 21.2. The third-order valence-corrected chi connectivity index (χ3v) is 5.35. The lowest BCUT2D eigenvalue weighted by molar-refractivity contribution is -0.129. The Morgan fingerprint density at radius 1 is 1.35 bits per heavy atom. The first-order valence-corrected chi connectivity index (χ1v) is 9.65. The van der Waals surface area contributed by atoms with Crippen molar-refractivity contribution in [1.29, 1.82) is 10.5 Å². The first kappa shape index (κ1) is 20.1. The van der Waals surface area contributed by atoms with Crippen LogP contribution >= 0.6 is 0 Å². The maximum atomic E-state index is 14.0. The average molecular weight is 415 g/mol. The number of aromatic nitrogens is 2. The van der Waals surface area contributed by atoms with Gasteiger partial charge < -0.3 is 14.6 Å². The Balaban J connectivity index is 1.79. The Hall–Kier alpha value is -4.17. The maximum Gasteiger partial charge on any atom is 0.237 e. The molecule has 1 aromatic carbocycles. The van der Waals surface area contributed by atoms with Crippen LogP contribution in [-0.4, -0.2) is 41.0 Å². The number of nitriles is 2. The fourth-order valence-corrected chi connectivity index (χ4v) is 3.82. The zero-order chi connectivity index (χ0) is 22.0. The monoisotopic (exact) mass is 415 g/mol. The van der Waals surface area contributed by atoms with Gasteiger partial charge in [-0.1, -0.05) is 6.08 Å². The van der Waals surface area contributed by atoms with Gasteiger partial charge in [-0.15, -0.1) is 0 Å². The molecule has 0 spiro atoms. The van der Waals surface area contributed by atoms with Crippen molar-refractivity contribution in [3.05, 3.63) is 53.6 Å². The molecule has 2 aromatic heterocycles. The largest absolute Gasteiger partial charge is 0.496 e. The van der Waals surface area contributed by atoms with Crippen molar-refractivity contribution in [3.8, 4) is 29.0 Å². The van der Waals surface area contributed by atoms with Crippen LogP contribution in [0, 0.1) is 28.5 Å². The molecule has 3 aromatic rings. The Morgan fingerprint density at radius 3 is 2.87 bits per heavy atom. The van der Waals surface area contributed by atoms with Gasteiger partial charge in [0.15, 0.2) is 0 Å². The lowest BCUT2D eigenvalue weighted by Gasteiger charge is -2.25.